The van der Waals surface area contributed by atoms with Crippen LogP contribution in [0.5, 0.6) is 0 Å². The lowest BCUT2D eigenvalue weighted by Crippen LogP contribution is -2.33. The SMILES string of the molecule is Cn1cc2c(c1C(=O)Nc1ccc(F)c(Cl)c1)CCC2N(CC#CC1CC1)C(=O)O. The lowest BCUT2D eigenvalue weighted by atomic mass is 10.1. The Morgan fingerprint density at radius 1 is 1.37 bits per heavy atom. The van der Waals surface area contributed by atoms with Crippen LogP contribution in [0.25, 0.3) is 0 Å². The van der Waals surface area contributed by atoms with E-state index in [1.807, 2.05) is 6.20 Å². The zero-order valence-corrected chi connectivity index (χ0v) is 17.2. The Balaban J connectivity index is 1.56. The fraction of sp³-hybridized carbons (Fsp3) is 0.364. The molecule has 1 atom stereocenters. The molecule has 2 N–H and O–H groups in total. The van der Waals surface area contributed by atoms with E-state index in [0.29, 0.717) is 30.1 Å². The monoisotopic (exact) mass is 429 g/mol. The third-order valence-electron chi connectivity index (χ3n) is 5.49. The molecule has 2 aliphatic carbocycles. The zero-order chi connectivity index (χ0) is 21.4. The van der Waals surface area contributed by atoms with Crippen LogP contribution in [-0.2, 0) is 13.5 Å². The highest BCUT2D eigenvalue weighted by molar-refractivity contribution is 6.31. The number of carbonyl (C=O) groups is 2. The Bertz CT molecular complexity index is 1080. The minimum atomic E-state index is -1.02. The minimum Gasteiger partial charge on any atom is -0.465 e. The molecule has 1 fully saturated rings. The topological polar surface area (TPSA) is 74.6 Å². The molecule has 2 aliphatic rings. The van der Waals surface area contributed by atoms with Gasteiger partial charge in [-0.15, -0.1) is 0 Å². The van der Waals surface area contributed by atoms with Crippen LogP contribution in [-0.4, -0.2) is 33.1 Å². The predicted molar refractivity (Wildman–Crippen MR) is 111 cm³/mol. The van der Waals surface area contributed by atoms with E-state index in [0.717, 1.165) is 24.0 Å². The van der Waals surface area contributed by atoms with Crippen molar-refractivity contribution < 1.29 is 19.1 Å². The summed E-state index contributed by atoms with van der Waals surface area (Å²) in [4.78, 5) is 26.1. The van der Waals surface area contributed by atoms with E-state index in [-0.39, 0.29) is 23.5 Å². The summed E-state index contributed by atoms with van der Waals surface area (Å²) in [5.74, 6) is 5.59. The maximum Gasteiger partial charge on any atom is 0.408 e. The van der Waals surface area contributed by atoms with Crippen LogP contribution < -0.4 is 5.32 Å². The summed E-state index contributed by atoms with van der Waals surface area (Å²) < 4.78 is 15.1. The largest absolute Gasteiger partial charge is 0.465 e. The molecule has 2 aromatic rings. The maximum absolute atomic E-state index is 13.4. The van der Waals surface area contributed by atoms with Crippen molar-refractivity contribution in [2.24, 2.45) is 13.0 Å². The number of benzene rings is 1. The molecule has 0 aliphatic heterocycles. The highest BCUT2D eigenvalue weighted by Crippen LogP contribution is 2.39. The Morgan fingerprint density at radius 3 is 2.80 bits per heavy atom. The molecular formula is C22H21ClFN3O3. The number of halogens is 2. The van der Waals surface area contributed by atoms with Gasteiger partial charge in [0.2, 0.25) is 0 Å². The number of carbonyl (C=O) groups excluding carboxylic acids is 1. The number of rotatable bonds is 4. The quantitative estimate of drug-likeness (QED) is 0.705. The molecule has 1 aromatic carbocycles. The number of hydrogen-bond acceptors (Lipinski definition) is 2. The molecule has 4 rings (SSSR count). The van der Waals surface area contributed by atoms with E-state index in [2.05, 4.69) is 17.2 Å². The average molecular weight is 430 g/mol. The lowest BCUT2D eigenvalue weighted by molar-refractivity contribution is 0.101. The van der Waals surface area contributed by atoms with E-state index in [1.54, 1.807) is 11.6 Å². The summed E-state index contributed by atoms with van der Waals surface area (Å²) in [5.41, 5.74) is 2.51. The van der Waals surface area contributed by atoms with Crippen molar-refractivity contribution in [3.63, 3.8) is 0 Å². The van der Waals surface area contributed by atoms with Crippen LogP contribution >= 0.6 is 11.6 Å². The first-order valence-electron chi connectivity index (χ1n) is 9.77. The highest BCUT2D eigenvalue weighted by atomic mass is 35.5. The minimum absolute atomic E-state index is 0.0746. The maximum atomic E-state index is 13.4. The van der Waals surface area contributed by atoms with Crippen LogP contribution in [0.3, 0.4) is 0 Å². The van der Waals surface area contributed by atoms with Gasteiger partial charge in [-0.1, -0.05) is 23.4 Å². The molecule has 30 heavy (non-hydrogen) atoms. The highest BCUT2D eigenvalue weighted by Gasteiger charge is 2.35. The van der Waals surface area contributed by atoms with E-state index in [1.165, 1.54) is 23.1 Å². The number of nitrogens with zero attached hydrogens (tertiary/aromatic N) is 2. The molecule has 1 unspecified atom stereocenters. The normalized spacial score (nSPS) is 17.1. The van der Waals surface area contributed by atoms with Gasteiger partial charge in [0.05, 0.1) is 17.6 Å². The number of nitrogens with one attached hydrogen (secondary N) is 1. The number of amides is 2. The van der Waals surface area contributed by atoms with Gasteiger partial charge in [0.25, 0.3) is 5.91 Å². The van der Waals surface area contributed by atoms with Crippen LogP contribution in [0.4, 0.5) is 14.9 Å². The Hall–Kier alpha value is -2.98. The average Bonchev–Trinajstić information content (AvgIpc) is 3.34. The van der Waals surface area contributed by atoms with Gasteiger partial charge in [-0.3, -0.25) is 9.69 Å². The summed E-state index contributed by atoms with van der Waals surface area (Å²) >= 11 is 5.79. The number of hydrogen-bond donors (Lipinski definition) is 2. The van der Waals surface area contributed by atoms with Crippen LogP contribution in [0.2, 0.25) is 5.02 Å². The van der Waals surface area contributed by atoms with Gasteiger partial charge >= 0.3 is 6.09 Å². The Labute approximate surface area is 178 Å². The Kier molecular flexibility index (Phi) is 5.44. The van der Waals surface area contributed by atoms with Crippen molar-refractivity contribution in [1.82, 2.24) is 9.47 Å². The van der Waals surface area contributed by atoms with Gasteiger partial charge in [-0.05, 0) is 55.0 Å². The summed E-state index contributed by atoms with van der Waals surface area (Å²) in [6.45, 7) is 0.153. The summed E-state index contributed by atoms with van der Waals surface area (Å²) in [5, 5.41) is 12.4. The van der Waals surface area contributed by atoms with E-state index >= 15 is 0 Å². The first kappa shape index (κ1) is 20.3. The molecule has 0 saturated heterocycles. The molecule has 0 radical (unpaired) electrons. The third kappa shape index (κ3) is 4.01. The second-order valence-corrected chi connectivity index (χ2v) is 8.07. The summed E-state index contributed by atoms with van der Waals surface area (Å²) in [6, 6.07) is 3.65. The van der Waals surface area contributed by atoms with Crippen molar-refractivity contribution in [2.45, 2.75) is 31.7 Å². The third-order valence-corrected chi connectivity index (χ3v) is 5.78. The molecule has 6 nitrogen and oxygen atoms in total. The zero-order valence-electron chi connectivity index (χ0n) is 16.4. The van der Waals surface area contributed by atoms with Crippen molar-refractivity contribution in [3.8, 4) is 11.8 Å². The van der Waals surface area contributed by atoms with Crippen molar-refractivity contribution >= 4 is 29.3 Å². The fourth-order valence-electron chi connectivity index (χ4n) is 3.89. The van der Waals surface area contributed by atoms with Gasteiger partial charge in [0, 0.05) is 24.8 Å². The molecule has 2 amide bonds. The number of aryl methyl sites for hydroxylation is 1. The molecule has 8 heteroatoms. The number of aromatic nitrogens is 1. The standard InChI is InChI=1S/C22H21ClFN3O3/c1-26-12-16-15(20(26)21(28)25-14-6-8-18(24)17(23)11-14)7-9-19(16)27(22(29)30)10-2-3-13-4-5-13/h6,8,11-13,19H,4-5,7,9-10H2,1H3,(H,25,28)(H,29,30). The van der Waals surface area contributed by atoms with Gasteiger partial charge in [-0.25, -0.2) is 9.18 Å². The summed E-state index contributed by atoms with van der Waals surface area (Å²) in [7, 11) is 1.75. The van der Waals surface area contributed by atoms with Crippen LogP contribution in [0.1, 0.15) is 46.9 Å². The van der Waals surface area contributed by atoms with E-state index < -0.39 is 11.9 Å². The Morgan fingerprint density at radius 2 is 2.13 bits per heavy atom. The fourth-order valence-corrected chi connectivity index (χ4v) is 4.07. The second kappa shape index (κ2) is 8.04. The van der Waals surface area contributed by atoms with Crippen LogP contribution in [0, 0.1) is 23.6 Å². The predicted octanol–water partition coefficient (Wildman–Crippen LogP) is 4.45. The smallest absolute Gasteiger partial charge is 0.408 e. The van der Waals surface area contributed by atoms with Gasteiger partial charge < -0.3 is 15.0 Å². The van der Waals surface area contributed by atoms with Crippen molar-refractivity contribution in [1.29, 1.82) is 0 Å². The molecule has 0 spiro atoms. The molecule has 1 saturated carbocycles. The molecule has 1 aromatic heterocycles. The number of fused-ring (bicyclic) bond motifs is 1. The first-order valence-corrected chi connectivity index (χ1v) is 10.2. The summed E-state index contributed by atoms with van der Waals surface area (Å²) in [6.07, 6.45) is 4.16. The lowest BCUT2D eigenvalue weighted by Gasteiger charge is -2.24. The van der Waals surface area contributed by atoms with Gasteiger partial charge in [0.15, 0.2) is 0 Å². The van der Waals surface area contributed by atoms with E-state index in [9.17, 15) is 19.1 Å². The van der Waals surface area contributed by atoms with Crippen molar-refractivity contribution in [3.05, 3.63) is 52.1 Å². The van der Waals surface area contributed by atoms with Gasteiger partial charge in [-0.2, -0.15) is 0 Å². The molecule has 0 bridgehead atoms. The van der Waals surface area contributed by atoms with Crippen molar-refractivity contribution in [2.75, 3.05) is 11.9 Å². The molecular weight excluding hydrogens is 409 g/mol. The molecule has 1 heterocycles. The first-order chi connectivity index (χ1) is 14.3. The molecule has 156 valence electrons. The van der Waals surface area contributed by atoms with E-state index in [4.69, 9.17) is 11.6 Å². The van der Waals surface area contributed by atoms with Crippen LogP contribution in [0.15, 0.2) is 24.4 Å². The number of anilines is 1. The number of carboxylic acid groups (broad SMARTS) is 1. The second-order valence-electron chi connectivity index (χ2n) is 7.67. The van der Waals surface area contributed by atoms with Gasteiger partial charge in [0.1, 0.15) is 11.5 Å².